The first-order valence-corrected chi connectivity index (χ1v) is 13.3. The molecule has 0 fully saturated rings. The van der Waals surface area contributed by atoms with Gasteiger partial charge in [-0.15, -0.1) is 11.3 Å². The molecule has 3 N–H and O–H groups in total. The lowest BCUT2D eigenvalue weighted by atomic mass is 10.1. The molecule has 9 nitrogen and oxygen atoms in total. The second kappa shape index (κ2) is 11.8. The Labute approximate surface area is 196 Å². The van der Waals surface area contributed by atoms with Crippen molar-refractivity contribution in [3.05, 3.63) is 64.9 Å². The van der Waals surface area contributed by atoms with Gasteiger partial charge in [0.25, 0.3) is 0 Å². The fourth-order valence-corrected chi connectivity index (χ4v) is 5.67. The van der Waals surface area contributed by atoms with Crippen LogP contribution >= 0.6 is 18.9 Å². The summed E-state index contributed by atoms with van der Waals surface area (Å²) in [6.07, 6.45) is 2.56. The summed E-state index contributed by atoms with van der Waals surface area (Å²) < 4.78 is 24.4. The Morgan fingerprint density at radius 2 is 2.03 bits per heavy atom. The SMILES string of the molecule is CCCP(=O)(NC(Cc1cscn1)C(=O)Nc1c[nH]c(C(=O)OCC)c1)Oc1ccccc1. The number of thiazole rings is 1. The molecule has 2 unspecified atom stereocenters. The summed E-state index contributed by atoms with van der Waals surface area (Å²) in [4.78, 5) is 32.1. The fraction of sp³-hybridized carbons (Fsp3) is 0.318. The van der Waals surface area contributed by atoms with Crippen molar-refractivity contribution in [3.63, 3.8) is 0 Å². The number of anilines is 1. The lowest BCUT2D eigenvalue weighted by molar-refractivity contribution is -0.117. The molecule has 1 aromatic carbocycles. The highest BCUT2D eigenvalue weighted by molar-refractivity contribution is 7.57. The molecule has 2 atom stereocenters. The molecule has 0 saturated heterocycles. The first-order valence-electron chi connectivity index (χ1n) is 10.6. The van der Waals surface area contributed by atoms with Crippen LogP contribution in [-0.4, -0.2) is 40.7 Å². The molecular weight excluding hydrogens is 463 g/mol. The van der Waals surface area contributed by atoms with Crippen LogP contribution in [0.4, 0.5) is 5.69 Å². The highest BCUT2D eigenvalue weighted by Gasteiger charge is 2.32. The minimum Gasteiger partial charge on any atom is -0.461 e. The topological polar surface area (TPSA) is 122 Å². The molecule has 2 heterocycles. The fourth-order valence-electron chi connectivity index (χ4n) is 3.09. The van der Waals surface area contributed by atoms with Crippen LogP contribution < -0.4 is 14.9 Å². The number of carbonyl (C=O) groups excluding carboxylic acids is 2. The molecular formula is C22H27N4O5PS. The quantitative estimate of drug-likeness (QED) is 0.253. The predicted octanol–water partition coefficient (Wildman–Crippen LogP) is 4.47. The monoisotopic (exact) mass is 490 g/mol. The number of rotatable bonds is 12. The molecule has 1 amide bonds. The third-order valence-corrected chi connectivity index (χ3v) is 7.41. The summed E-state index contributed by atoms with van der Waals surface area (Å²) in [6.45, 7) is 3.85. The molecule has 3 aromatic rings. The van der Waals surface area contributed by atoms with Crippen LogP contribution in [0.25, 0.3) is 0 Å². The van der Waals surface area contributed by atoms with E-state index in [1.165, 1.54) is 23.6 Å². The van der Waals surface area contributed by atoms with Crippen LogP contribution in [0.1, 0.15) is 36.5 Å². The summed E-state index contributed by atoms with van der Waals surface area (Å²) in [5, 5.41) is 7.56. The van der Waals surface area contributed by atoms with E-state index in [0.717, 1.165) is 0 Å². The van der Waals surface area contributed by atoms with Crippen molar-refractivity contribution in [1.82, 2.24) is 15.1 Å². The first-order chi connectivity index (χ1) is 15.9. The van der Waals surface area contributed by atoms with Gasteiger partial charge >= 0.3 is 13.5 Å². The number of nitrogens with one attached hydrogen (secondary N) is 3. The Bertz CT molecular complexity index is 1090. The first kappa shape index (κ1) is 24.7. The molecule has 0 aliphatic carbocycles. The smallest absolute Gasteiger partial charge is 0.354 e. The predicted molar refractivity (Wildman–Crippen MR) is 128 cm³/mol. The summed E-state index contributed by atoms with van der Waals surface area (Å²) in [6, 6.07) is 9.46. The lowest BCUT2D eigenvalue weighted by Gasteiger charge is -2.25. The molecule has 2 aromatic heterocycles. The normalized spacial score (nSPS) is 13.6. The number of para-hydroxylation sites is 1. The molecule has 0 aliphatic heterocycles. The average molecular weight is 491 g/mol. The maximum atomic E-state index is 13.6. The van der Waals surface area contributed by atoms with Gasteiger partial charge in [0.1, 0.15) is 17.5 Å². The van der Waals surface area contributed by atoms with E-state index in [0.29, 0.717) is 23.6 Å². The molecule has 0 saturated carbocycles. The highest BCUT2D eigenvalue weighted by Crippen LogP contribution is 2.44. The van der Waals surface area contributed by atoms with Crippen molar-refractivity contribution >= 4 is 36.4 Å². The summed E-state index contributed by atoms with van der Waals surface area (Å²) in [5.74, 6) is -0.483. The largest absolute Gasteiger partial charge is 0.461 e. The van der Waals surface area contributed by atoms with E-state index < -0.39 is 25.4 Å². The molecule has 176 valence electrons. The Balaban J connectivity index is 1.79. The average Bonchev–Trinajstić information content (AvgIpc) is 3.46. The Morgan fingerprint density at radius 1 is 1.24 bits per heavy atom. The number of benzene rings is 1. The maximum Gasteiger partial charge on any atom is 0.354 e. The second-order valence-electron chi connectivity index (χ2n) is 7.18. The van der Waals surface area contributed by atoms with Gasteiger partial charge in [-0.05, 0) is 31.5 Å². The van der Waals surface area contributed by atoms with Gasteiger partial charge in [0, 0.05) is 24.2 Å². The summed E-state index contributed by atoms with van der Waals surface area (Å²) >= 11 is 1.41. The minimum atomic E-state index is -3.41. The Kier molecular flexibility index (Phi) is 8.82. The van der Waals surface area contributed by atoms with E-state index in [1.807, 2.05) is 18.4 Å². The Morgan fingerprint density at radius 3 is 2.70 bits per heavy atom. The molecule has 0 aliphatic rings. The molecule has 33 heavy (non-hydrogen) atoms. The zero-order valence-corrected chi connectivity index (χ0v) is 20.2. The number of hydrogen-bond donors (Lipinski definition) is 3. The molecule has 0 spiro atoms. The maximum absolute atomic E-state index is 13.6. The van der Waals surface area contributed by atoms with E-state index in [1.54, 1.807) is 36.7 Å². The van der Waals surface area contributed by atoms with Crippen molar-refractivity contribution in [2.75, 3.05) is 18.1 Å². The van der Waals surface area contributed by atoms with Gasteiger partial charge in [-0.3, -0.25) is 9.36 Å². The summed E-state index contributed by atoms with van der Waals surface area (Å²) in [7, 11) is -3.41. The highest BCUT2D eigenvalue weighted by atomic mass is 32.1. The van der Waals surface area contributed by atoms with E-state index in [4.69, 9.17) is 9.26 Å². The number of amides is 1. The van der Waals surface area contributed by atoms with Crippen molar-refractivity contribution in [1.29, 1.82) is 0 Å². The van der Waals surface area contributed by atoms with E-state index in [2.05, 4.69) is 20.4 Å². The van der Waals surface area contributed by atoms with Crippen molar-refractivity contribution in [3.8, 4) is 5.75 Å². The second-order valence-corrected chi connectivity index (χ2v) is 10.1. The van der Waals surface area contributed by atoms with Gasteiger partial charge in [-0.2, -0.15) is 0 Å². The van der Waals surface area contributed by atoms with Crippen molar-refractivity contribution < 1.29 is 23.4 Å². The number of ether oxygens (including phenoxy) is 1. The van der Waals surface area contributed by atoms with Gasteiger partial charge < -0.3 is 19.6 Å². The molecule has 0 radical (unpaired) electrons. The zero-order valence-electron chi connectivity index (χ0n) is 18.4. The number of hydrogen-bond acceptors (Lipinski definition) is 7. The third-order valence-electron chi connectivity index (χ3n) is 4.53. The van der Waals surface area contributed by atoms with Crippen LogP contribution in [0.5, 0.6) is 5.75 Å². The number of nitrogens with zero attached hydrogens (tertiary/aromatic N) is 1. The van der Waals surface area contributed by atoms with Crippen LogP contribution in [0.2, 0.25) is 0 Å². The molecule has 11 heteroatoms. The number of H-pyrrole nitrogens is 1. The lowest BCUT2D eigenvalue weighted by Crippen LogP contribution is -2.41. The number of aromatic nitrogens is 2. The van der Waals surface area contributed by atoms with Crippen molar-refractivity contribution in [2.45, 2.75) is 32.7 Å². The van der Waals surface area contributed by atoms with Crippen LogP contribution in [0.3, 0.4) is 0 Å². The van der Waals surface area contributed by atoms with E-state index in [9.17, 15) is 14.2 Å². The van der Waals surface area contributed by atoms with E-state index >= 15 is 0 Å². The van der Waals surface area contributed by atoms with Gasteiger partial charge in [0.15, 0.2) is 0 Å². The molecule has 0 bridgehead atoms. The Hall–Kier alpha value is -2.94. The summed E-state index contributed by atoms with van der Waals surface area (Å²) in [5.41, 5.74) is 2.98. The van der Waals surface area contributed by atoms with Crippen LogP contribution in [0.15, 0.2) is 53.5 Å². The zero-order chi connectivity index (χ0) is 23.7. The molecule has 3 rings (SSSR count). The van der Waals surface area contributed by atoms with Crippen molar-refractivity contribution in [2.24, 2.45) is 0 Å². The number of esters is 1. The van der Waals surface area contributed by atoms with E-state index in [-0.39, 0.29) is 24.9 Å². The van der Waals surface area contributed by atoms with Gasteiger partial charge in [0.2, 0.25) is 5.91 Å². The third kappa shape index (κ3) is 7.28. The standard InChI is InChI=1S/C22H27N4O5PS/c1-3-10-32(29,31-18-8-6-5-7-9-18)26-19(12-17-14-33-15-24-17)21(27)25-16-11-20(23-13-16)22(28)30-4-2/h5-9,11,13-15,19,23H,3-4,10,12H2,1-2H3,(H,25,27)(H,26,29). The van der Waals surface area contributed by atoms with Gasteiger partial charge in [-0.25, -0.2) is 14.9 Å². The minimum absolute atomic E-state index is 0.219. The number of carbonyl (C=O) groups is 2. The van der Waals surface area contributed by atoms with Gasteiger partial charge in [-0.1, -0.05) is 25.1 Å². The van der Waals surface area contributed by atoms with Gasteiger partial charge in [0.05, 0.1) is 23.5 Å². The number of aromatic amines is 1. The van der Waals surface area contributed by atoms with Crippen LogP contribution in [0, 0.1) is 0 Å². The van der Waals surface area contributed by atoms with Crippen LogP contribution in [-0.2, 0) is 20.5 Å².